The van der Waals surface area contributed by atoms with E-state index in [4.69, 9.17) is 0 Å². The molecule has 0 aromatic heterocycles. The molecule has 2 aliphatic rings. The topological polar surface area (TPSA) is 72.9 Å². The average molecular weight is 278 g/mol. The number of piperidine rings is 1. The van der Waals surface area contributed by atoms with Crippen molar-refractivity contribution >= 4 is 24.7 Å². The largest absolute Gasteiger partial charge is 0.392 e. The summed E-state index contributed by atoms with van der Waals surface area (Å²) < 4.78 is 0. The maximum Gasteiger partial charge on any atom is 0.229 e. The van der Waals surface area contributed by atoms with Crippen LogP contribution in [0, 0.1) is 5.92 Å². The summed E-state index contributed by atoms with van der Waals surface area (Å²) in [7, 11) is 0. The van der Waals surface area contributed by atoms with Crippen molar-refractivity contribution in [2.24, 2.45) is 5.92 Å². The molecular formula is C11H20ClN3O3. The number of carbonyl (C=O) groups is 2. The summed E-state index contributed by atoms with van der Waals surface area (Å²) in [4.78, 5) is 26.2. The Morgan fingerprint density at radius 2 is 1.94 bits per heavy atom. The zero-order valence-corrected chi connectivity index (χ0v) is 11.1. The lowest BCUT2D eigenvalue weighted by atomic mass is 9.94. The first-order valence-corrected chi connectivity index (χ1v) is 6.09. The first-order valence-electron chi connectivity index (χ1n) is 6.09. The van der Waals surface area contributed by atoms with Crippen LogP contribution in [0.2, 0.25) is 0 Å². The molecule has 0 radical (unpaired) electrons. The van der Waals surface area contributed by atoms with Gasteiger partial charge in [-0.25, -0.2) is 0 Å². The first kappa shape index (κ1) is 15.2. The number of aliphatic hydroxyl groups is 1. The Morgan fingerprint density at radius 1 is 1.28 bits per heavy atom. The number of halogens is 1. The second-order valence-electron chi connectivity index (χ2n) is 4.63. The molecule has 0 aliphatic carbocycles. The number of amides is 2. The van der Waals surface area contributed by atoms with E-state index in [0.29, 0.717) is 39.1 Å². The van der Waals surface area contributed by atoms with Crippen LogP contribution in [0.5, 0.6) is 0 Å². The molecule has 2 atom stereocenters. The predicted octanol–water partition coefficient (Wildman–Crippen LogP) is -1.32. The normalized spacial score (nSPS) is 28.5. The van der Waals surface area contributed by atoms with Crippen LogP contribution in [0.25, 0.3) is 0 Å². The lowest BCUT2D eigenvalue weighted by Gasteiger charge is -2.37. The summed E-state index contributed by atoms with van der Waals surface area (Å²) >= 11 is 0. The van der Waals surface area contributed by atoms with Crippen LogP contribution in [0.15, 0.2) is 0 Å². The van der Waals surface area contributed by atoms with Gasteiger partial charge in [0.25, 0.3) is 0 Å². The molecule has 2 fully saturated rings. The van der Waals surface area contributed by atoms with E-state index in [1.54, 1.807) is 9.80 Å². The van der Waals surface area contributed by atoms with E-state index in [9.17, 15) is 14.7 Å². The van der Waals surface area contributed by atoms with E-state index in [1.807, 2.05) is 0 Å². The van der Waals surface area contributed by atoms with Gasteiger partial charge >= 0.3 is 0 Å². The van der Waals surface area contributed by atoms with E-state index in [1.165, 1.54) is 0 Å². The van der Waals surface area contributed by atoms with E-state index in [0.717, 1.165) is 13.0 Å². The molecule has 7 heteroatoms. The molecule has 2 N–H and O–H groups in total. The highest BCUT2D eigenvalue weighted by molar-refractivity contribution is 5.85. The molecule has 2 heterocycles. The summed E-state index contributed by atoms with van der Waals surface area (Å²) in [6, 6.07) is 0. The third-order valence-electron chi connectivity index (χ3n) is 3.54. The number of hydrogen-bond acceptors (Lipinski definition) is 4. The molecule has 0 saturated carbocycles. The molecule has 0 aromatic rings. The maximum atomic E-state index is 12.2. The fourth-order valence-electron chi connectivity index (χ4n) is 2.38. The molecule has 2 amide bonds. The predicted molar refractivity (Wildman–Crippen MR) is 68.4 cm³/mol. The van der Waals surface area contributed by atoms with Crippen LogP contribution in [-0.2, 0) is 9.59 Å². The van der Waals surface area contributed by atoms with E-state index >= 15 is 0 Å². The highest BCUT2D eigenvalue weighted by Gasteiger charge is 2.33. The van der Waals surface area contributed by atoms with Crippen molar-refractivity contribution in [3.05, 3.63) is 0 Å². The van der Waals surface area contributed by atoms with Crippen molar-refractivity contribution in [1.82, 2.24) is 15.1 Å². The van der Waals surface area contributed by atoms with Crippen molar-refractivity contribution < 1.29 is 14.7 Å². The highest BCUT2D eigenvalue weighted by atomic mass is 35.5. The van der Waals surface area contributed by atoms with Gasteiger partial charge in [-0.3, -0.25) is 9.59 Å². The van der Waals surface area contributed by atoms with Gasteiger partial charge in [-0.15, -0.1) is 12.4 Å². The first-order chi connectivity index (χ1) is 8.22. The quantitative estimate of drug-likeness (QED) is 0.614. The summed E-state index contributed by atoms with van der Waals surface area (Å²) in [5.41, 5.74) is 0. The Balaban J connectivity index is 0.00000162. The van der Waals surface area contributed by atoms with Gasteiger partial charge in [-0.1, -0.05) is 0 Å². The summed E-state index contributed by atoms with van der Waals surface area (Å²) in [6.45, 7) is 3.64. The summed E-state index contributed by atoms with van der Waals surface area (Å²) in [5.74, 6) is -0.318. The number of hydrogen-bond donors (Lipinski definition) is 2. The van der Waals surface area contributed by atoms with Crippen molar-refractivity contribution in [2.45, 2.75) is 12.5 Å². The SMILES string of the molecule is Cl.O=CN1CCN(C(=O)C2CNCCC2O)CC1. The number of nitrogens with one attached hydrogen (secondary N) is 1. The van der Waals surface area contributed by atoms with Gasteiger partial charge in [0, 0.05) is 32.7 Å². The molecule has 2 saturated heterocycles. The van der Waals surface area contributed by atoms with Gasteiger partial charge < -0.3 is 20.2 Å². The van der Waals surface area contributed by atoms with Crippen molar-refractivity contribution in [2.75, 3.05) is 39.3 Å². The van der Waals surface area contributed by atoms with Crippen molar-refractivity contribution in [3.63, 3.8) is 0 Å². The Morgan fingerprint density at radius 3 is 2.50 bits per heavy atom. The Kier molecular flexibility index (Phi) is 5.84. The van der Waals surface area contributed by atoms with E-state index in [-0.39, 0.29) is 24.2 Å². The molecule has 2 unspecified atom stereocenters. The van der Waals surface area contributed by atoms with Crippen LogP contribution < -0.4 is 5.32 Å². The highest BCUT2D eigenvalue weighted by Crippen LogP contribution is 2.15. The summed E-state index contributed by atoms with van der Waals surface area (Å²) in [5, 5.41) is 12.9. The third kappa shape index (κ3) is 3.34. The molecule has 6 nitrogen and oxygen atoms in total. The molecule has 2 rings (SSSR count). The minimum absolute atomic E-state index is 0. The number of carbonyl (C=O) groups excluding carboxylic acids is 2. The molecule has 0 spiro atoms. The van der Waals surface area contributed by atoms with Gasteiger partial charge in [0.15, 0.2) is 0 Å². The molecule has 2 aliphatic heterocycles. The van der Waals surface area contributed by atoms with E-state index < -0.39 is 6.10 Å². The lowest BCUT2D eigenvalue weighted by molar-refractivity contribution is -0.143. The third-order valence-corrected chi connectivity index (χ3v) is 3.54. The molecule has 0 aromatic carbocycles. The Bertz CT molecular complexity index is 295. The number of rotatable bonds is 2. The van der Waals surface area contributed by atoms with Crippen LogP contribution in [0.3, 0.4) is 0 Å². The second kappa shape index (κ2) is 6.92. The fraction of sp³-hybridized carbons (Fsp3) is 0.818. The molecule has 0 bridgehead atoms. The fourth-order valence-corrected chi connectivity index (χ4v) is 2.38. The minimum atomic E-state index is -0.534. The van der Waals surface area contributed by atoms with Gasteiger partial charge in [-0.2, -0.15) is 0 Å². The number of piperazine rings is 1. The zero-order chi connectivity index (χ0) is 12.3. The van der Waals surface area contributed by atoms with Gasteiger partial charge in [0.05, 0.1) is 12.0 Å². The molecule has 104 valence electrons. The summed E-state index contributed by atoms with van der Waals surface area (Å²) in [6.07, 6.45) is 0.914. The maximum absolute atomic E-state index is 12.2. The van der Waals surface area contributed by atoms with Crippen LogP contribution in [0.1, 0.15) is 6.42 Å². The Labute approximate surface area is 113 Å². The van der Waals surface area contributed by atoms with Crippen LogP contribution in [-0.4, -0.2) is 72.6 Å². The minimum Gasteiger partial charge on any atom is -0.392 e. The Hall–Kier alpha value is -0.850. The molecular weight excluding hydrogens is 258 g/mol. The van der Waals surface area contributed by atoms with Gasteiger partial charge in [0.1, 0.15) is 0 Å². The van der Waals surface area contributed by atoms with Crippen molar-refractivity contribution in [1.29, 1.82) is 0 Å². The van der Waals surface area contributed by atoms with Crippen LogP contribution in [0.4, 0.5) is 0 Å². The lowest BCUT2D eigenvalue weighted by Crippen LogP contribution is -2.54. The van der Waals surface area contributed by atoms with Crippen LogP contribution >= 0.6 is 12.4 Å². The van der Waals surface area contributed by atoms with Gasteiger partial charge in [0.2, 0.25) is 12.3 Å². The monoisotopic (exact) mass is 277 g/mol. The van der Waals surface area contributed by atoms with E-state index in [2.05, 4.69) is 5.32 Å². The zero-order valence-electron chi connectivity index (χ0n) is 10.2. The smallest absolute Gasteiger partial charge is 0.229 e. The molecule has 18 heavy (non-hydrogen) atoms. The standard InChI is InChI=1S/C11H19N3O3.ClH/c15-8-13-3-5-14(6-4-13)11(17)9-7-12-2-1-10(9)16;/h8-10,12,16H,1-7H2;1H. The number of aliphatic hydroxyl groups excluding tert-OH is 1. The van der Waals surface area contributed by atoms with Crippen molar-refractivity contribution in [3.8, 4) is 0 Å². The number of nitrogens with zero attached hydrogens (tertiary/aromatic N) is 2. The second-order valence-corrected chi connectivity index (χ2v) is 4.63. The van der Waals surface area contributed by atoms with Gasteiger partial charge in [-0.05, 0) is 13.0 Å². The average Bonchev–Trinajstić information content (AvgIpc) is 2.39.